The lowest BCUT2D eigenvalue weighted by atomic mass is 10.0. The minimum atomic E-state index is -0.300. The van der Waals surface area contributed by atoms with Gasteiger partial charge in [-0.25, -0.2) is 0 Å². The van der Waals surface area contributed by atoms with E-state index in [1.54, 1.807) is 20.4 Å². The van der Waals surface area contributed by atoms with Crippen LogP contribution in [0, 0.1) is 0 Å². The largest absolute Gasteiger partial charge is 0.497 e. The molecule has 36 heavy (non-hydrogen) atoms. The Morgan fingerprint density at radius 3 is 2.47 bits per heavy atom. The number of aromatic nitrogens is 1. The van der Waals surface area contributed by atoms with Gasteiger partial charge in [0.15, 0.2) is 5.11 Å². The van der Waals surface area contributed by atoms with E-state index in [0.717, 1.165) is 34.2 Å². The number of pyridine rings is 1. The second-order valence-electron chi connectivity index (χ2n) is 8.19. The lowest BCUT2D eigenvalue weighted by Crippen LogP contribution is -2.29. The fraction of sp³-hybridized carbons (Fsp3) is 0.214. The second kappa shape index (κ2) is 10.3. The predicted molar refractivity (Wildman–Crippen MR) is 143 cm³/mol. The second-order valence-corrected chi connectivity index (χ2v) is 8.58. The normalized spacial score (nSPS) is 17.1. The average Bonchev–Trinajstić information content (AvgIpc) is 3.54. The first-order valence-corrected chi connectivity index (χ1v) is 12.1. The van der Waals surface area contributed by atoms with Crippen molar-refractivity contribution in [3.8, 4) is 28.6 Å². The van der Waals surface area contributed by atoms with Gasteiger partial charge in [0.2, 0.25) is 0 Å². The van der Waals surface area contributed by atoms with Crippen molar-refractivity contribution in [1.29, 1.82) is 0 Å². The van der Waals surface area contributed by atoms with Crippen LogP contribution in [-0.2, 0) is 0 Å². The molecule has 1 aliphatic rings. The molecule has 0 aliphatic carbocycles. The van der Waals surface area contributed by atoms with Crippen LogP contribution in [0.5, 0.6) is 17.2 Å². The van der Waals surface area contributed by atoms with Gasteiger partial charge in [-0.05, 0) is 79.8 Å². The molecule has 2 aromatic heterocycles. The maximum Gasteiger partial charge on any atom is 0.174 e. The molecule has 0 unspecified atom stereocenters. The van der Waals surface area contributed by atoms with Gasteiger partial charge in [0.05, 0.1) is 38.2 Å². The van der Waals surface area contributed by atoms with Crippen LogP contribution in [-0.4, -0.2) is 30.9 Å². The molecule has 0 bridgehead atoms. The molecule has 8 heteroatoms. The molecule has 0 amide bonds. The summed E-state index contributed by atoms with van der Waals surface area (Å²) in [5.41, 5.74) is 2.62. The van der Waals surface area contributed by atoms with E-state index >= 15 is 0 Å². The van der Waals surface area contributed by atoms with E-state index in [0.29, 0.717) is 23.2 Å². The number of nitrogens with zero attached hydrogens (tertiary/aromatic N) is 2. The van der Waals surface area contributed by atoms with Crippen LogP contribution in [0.3, 0.4) is 0 Å². The number of methoxy groups -OCH3 is 2. The van der Waals surface area contributed by atoms with Gasteiger partial charge in [-0.3, -0.25) is 4.98 Å². The third-order valence-electron chi connectivity index (χ3n) is 6.11. The Bertz CT molecular complexity index is 1340. The topological polar surface area (TPSA) is 69.0 Å². The van der Waals surface area contributed by atoms with Crippen LogP contribution in [0.1, 0.15) is 30.5 Å². The molecule has 5 rings (SSSR count). The standard InChI is InChI=1S/C28H27N3O4S/c1-4-34-19-10-8-18(9-11-19)23-14-15-24(35-23)27-26(21-7-5-6-16-29-21)30-28(36)31(27)22-13-12-20(32-2)17-25(22)33-3/h5-17,26-27H,4H2,1-3H3,(H,30,36)/t26-,27+/m0/s1. The number of ether oxygens (including phenoxy) is 3. The van der Waals surface area contributed by atoms with Crippen molar-refractivity contribution in [2.24, 2.45) is 0 Å². The smallest absolute Gasteiger partial charge is 0.174 e. The monoisotopic (exact) mass is 501 g/mol. The van der Waals surface area contributed by atoms with E-state index in [2.05, 4.69) is 10.3 Å². The predicted octanol–water partition coefficient (Wildman–Crippen LogP) is 5.93. The van der Waals surface area contributed by atoms with Gasteiger partial charge in [0.1, 0.15) is 34.8 Å². The minimum Gasteiger partial charge on any atom is -0.497 e. The highest BCUT2D eigenvalue weighted by Crippen LogP contribution is 2.46. The Labute approximate surface area is 215 Å². The maximum absolute atomic E-state index is 6.45. The third-order valence-corrected chi connectivity index (χ3v) is 6.43. The summed E-state index contributed by atoms with van der Waals surface area (Å²) < 4.78 is 23.1. The van der Waals surface area contributed by atoms with Crippen LogP contribution in [0.15, 0.2) is 83.4 Å². The highest BCUT2D eigenvalue weighted by molar-refractivity contribution is 7.80. The summed E-state index contributed by atoms with van der Waals surface area (Å²) in [6.45, 7) is 2.59. The average molecular weight is 502 g/mol. The summed E-state index contributed by atoms with van der Waals surface area (Å²) in [6, 6.07) is 22.8. The van der Waals surface area contributed by atoms with Gasteiger partial charge in [0, 0.05) is 17.8 Å². The van der Waals surface area contributed by atoms with Crippen molar-refractivity contribution in [1.82, 2.24) is 10.3 Å². The molecular formula is C28H27N3O4S. The molecule has 0 saturated carbocycles. The molecule has 2 aromatic carbocycles. The summed E-state index contributed by atoms with van der Waals surface area (Å²) in [6.07, 6.45) is 1.78. The molecular weight excluding hydrogens is 474 g/mol. The minimum absolute atomic E-state index is 0.232. The quantitative estimate of drug-likeness (QED) is 0.298. The van der Waals surface area contributed by atoms with Crippen molar-refractivity contribution in [2.75, 3.05) is 25.7 Å². The molecule has 1 aliphatic heterocycles. The highest BCUT2D eigenvalue weighted by Gasteiger charge is 2.43. The van der Waals surface area contributed by atoms with Gasteiger partial charge >= 0.3 is 0 Å². The van der Waals surface area contributed by atoms with Crippen LogP contribution < -0.4 is 24.4 Å². The molecule has 2 atom stereocenters. The van der Waals surface area contributed by atoms with E-state index in [-0.39, 0.29) is 12.1 Å². The fourth-order valence-electron chi connectivity index (χ4n) is 4.44. The van der Waals surface area contributed by atoms with E-state index < -0.39 is 0 Å². The summed E-state index contributed by atoms with van der Waals surface area (Å²) >= 11 is 5.83. The Morgan fingerprint density at radius 2 is 1.78 bits per heavy atom. The molecule has 1 N–H and O–H groups in total. The maximum atomic E-state index is 6.45. The SMILES string of the molecule is CCOc1ccc(-c2ccc([C@@H]3[C@H](c4ccccn4)NC(=S)N3c3ccc(OC)cc3OC)o2)cc1. The van der Waals surface area contributed by atoms with Gasteiger partial charge in [-0.1, -0.05) is 6.07 Å². The van der Waals surface area contributed by atoms with Crippen molar-refractivity contribution in [3.63, 3.8) is 0 Å². The molecule has 3 heterocycles. The first-order chi connectivity index (χ1) is 17.6. The molecule has 4 aromatic rings. The first-order valence-electron chi connectivity index (χ1n) is 11.7. The first kappa shape index (κ1) is 23.7. The van der Waals surface area contributed by atoms with E-state index in [9.17, 15) is 0 Å². The number of hydrogen-bond donors (Lipinski definition) is 1. The molecule has 1 saturated heterocycles. The van der Waals surface area contributed by atoms with Crippen LogP contribution in [0.25, 0.3) is 11.3 Å². The number of rotatable bonds is 8. The van der Waals surface area contributed by atoms with E-state index in [1.807, 2.05) is 84.6 Å². The lowest BCUT2D eigenvalue weighted by Gasteiger charge is -2.27. The molecule has 184 valence electrons. The zero-order valence-corrected chi connectivity index (χ0v) is 21.1. The number of benzene rings is 2. The molecule has 1 fully saturated rings. The number of thiocarbonyl (C=S) groups is 1. The van der Waals surface area contributed by atoms with Crippen molar-refractivity contribution in [2.45, 2.75) is 19.0 Å². The lowest BCUT2D eigenvalue weighted by molar-refractivity contribution is 0.340. The van der Waals surface area contributed by atoms with Crippen molar-refractivity contribution >= 4 is 23.0 Å². The summed E-state index contributed by atoms with van der Waals surface area (Å²) in [5.74, 6) is 3.67. The Morgan fingerprint density at radius 1 is 0.972 bits per heavy atom. The van der Waals surface area contributed by atoms with Gasteiger partial charge in [-0.2, -0.15) is 0 Å². The Hall–Kier alpha value is -4.04. The summed E-state index contributed by atoms with van der Waals surface area (Å²) in [4.78, 5) is 6.63. The van der Waals surface area contributed by atoms with Crippen molar-refractivity contribution in [3.05, 3.63) is 90.4 Å². The van der Waals surface area contributed by atoms with Crippen LogP contribution in [0.4, 0.5) is 5.69 Å². The highest BCUT2D eigenvalue weighted by atomic mass is 32.1. The molecule has 0 radical (unpaired) electrons. The number of hydrogen-bond acceptors (Lipinski definition) is 6. The fourth-order valence-corrected chi connectivity index (χ4v) is 4.78. The number of anilines is 1. The Kier molecular flexibility index (Phi) is 6.77. The number of furan rings is 1. The zero-order valence-electron chi connectivity index (χ0n) is 20.3. The van der Waals surface area contributed by atoms with Gasteiger partial charge in [0.25, 0.3) is 0 Å². The van der Waals surface area contributed by atoms with Crippen molar-refractivity contribution < 1.29 is 18.6 Å². The van der Waals surface area contributed by atoms with E-state index in [1.165, 1.54) is 0 Å². The Balaban J connectivity index is 1.57. The van der Waals surface area contributed by atoms with Gasteiger partial charge in [-0.15, -0.1) is 0 Å². The summed E-state index contributed by atoms with van der Waals surface area (Å²) in [5, 5.41) is 4.00. The van der Waals surface area contributed by atoms with Crippen LogP contribution in [0.2, 0.25) is 0 Å². The number of nitrogens with one attached hydrogen (secondary N) is 1. The zero-order chi connectivity index (χ0) is 25.1. The third kappa shape index (κ3) is 4.47. The van der Waals surface area contributed by atoms with Crippen LogP contribution >= 0.6 is 12.2 Å². The molecule has 0 spiro atoms. The van der Waals surface area contributed by atoms with Gasteiger partial charge < -0.3 is 28.8 Å². The molecule has 7 nitrogen and oxygen atoms in total. The van der Waals surface area contributed by atoms with E-state index in [4.69, 9.17) is 30.8 Å². The summed E-state index contributed by atoms with van der Waals surface area (Å²) in [7, 11) is 3.26.